The molecule has 20 heavy (non-hydrogen) atoms. The monoisotopic (exact) mass is 291 g/mol. The molecule has 2 rings (SSSR count). The summed E-state index contributed by atoms with van der Waals surface area (Å²) in [5.41, 5.74) is 7.38. The van der Waals surface area contributed by atoms with Crippen LogP contribution in [0.1, 0.15) is 28.2 Å². The van der Waals surface area contributed by atoms with E-state index in [1.54, 1.807) is 18.3 Å². The highest BCUT2D eigenvalue weighted by atomic mass is 32.1. The summed E-state index contributed by atoms with van der Waals surface area (Å²) in [6.07, 6.45) is 5.21. The molecule has 5 N–H and O–H groups in total. The highest BCUT2D eigenvalue weighted by molar-refractivity contribution is 7.18. The van der Waals surface area contributed by atoms with Crippen molar-refractivity contribution in [3.8, 4) is 0 Å². The van der Waals surface area contributed by atoms with Crippen LogP contribution >= 0.6 is 11.3 Å². The number of nitrogens with two attached hydrogens (primary N) is 1. The fourth-order valence-electron chi connectivity index (χ4n) is 1.69. The van der Waals surface area contributed by atoms with Crippen LogP contribution in [-0.4, -0.2) is 22.6 Å². The number of aromatic nitrogens is 2. The second-order valence-electron chi connectivity index (χ2n) is 4.29. The number of carbonyl (C=O) groups excluding carboxylic acids is 1. The molecule has 0 aliphatic carbocycles. The largest absolute Gasteiger partial charge is 0.397 e. The number of aromatic amines is 1. The van der Waals surface area contributed by atoms with Crippen LogP contribution in [0.4, 0.5) is 10.7 Å². The number of rotatable bonds is 6. The van der Waals surface area contributed by atoms with Gasteiger partial charge in [-0.3, -0.25) is 9.89 Å². The molecule has 0 saturated heterocycles. The summed E-state index contributed by atoms with van der Waals surface area (Å²) in [6.45, 7) is 5.99. The van der Waals surface area contributed by atoms with Crippen LogP contribution in [0.15, 0.2) is 31.1 Å². The first-order valence-electron chi connectivity index (χ1n) is 6.15. The summed E-state index contributed by atoms with van der Waals surface area (Å²) in [5.74, 6) is -0.184. The second-order valence-corrected chi connectivity index (χ2v) is 5.34. The molecule has 7 heteroatoms. The summed E-state index contributed by atoms with van der Waals surface area (Å²) >= 11 is 1.33. The topological polar surface area (TPSA) is 95.8 Å². The van der Waals surface area contributed by atoms with Gasteiger partial charge < -0.3 is 16.4 Å². The van der Waals surface area contributed by atoms with Crippen molar-refractivity contribution in [1.29, 1.82) is 0 Å². The molecule has 0 aromatic carbocycles. The third kappa shape index (κ3) is 3.18. The summed E-state index contributed by atoms with van der Waals surface area (Å²) in [7, 11) is 0. The van der Waals surface area contributed by atoms with E-state index < -0.39 is 0 Å². The number of H-pyrrole nitrogens is 1. The number of nitrogens with zero attached hydrogens (tertiary/aromatic N) is 1. The zero-order chi connectivity index (χ0) is 14.5. The van der Waals surface area contributed by atoms with Crippen molar-refractivity contribution in [2.75, 3.05) is 17.6 Å². The van der Waals surface area contributed by atoms with Crippen molar-refractivity contribution in [2.24, 2.45) is 0 Å². The first-order chi connectivity index (χ1) is 9.61. The van der Waals surface area contributed by atoms with Gasteiger partial charge in [-0.15, -0.1) is 17.9 Å². The van der Waals surface area contributed by atoms with Crippen LogP contribution < -0.4 is 16.4 Å². The molecule has 2 aromatic heterocycles. The number of hydrogen-bond donors (Lipinski definition) is 4. The molecule has 2 heterocycles. The average molecular weight is 291 g/mol. The third-order valence-electron chi connectivity index (χ3n) is 2.75. The Morgan fingerprint density at radius 1 is 1.70 bits per heavy atom. The van der Waals surface area contributed by atoms with E-state index in [9.17, 15) is 4.79 Å². The van der Waals surface area contributed by atoms with Crippen molar-refractivity contribution < 1.29 is 4.79 Å². The molecular weight excluding hydrogens is 274 g/mol. The molecule has 1 unspecified atom stereocenters. The van der Waals surface area contributed by atoms with Gasteiger partial charge in [0.25, 0.3) is 5.91 Å². The molecule has 106 valence electrons. The predicted octanol–water partition coefficient (Wildman–Crippen LogP) is 2.14. The maximum atomic E-state index is 11.9. The van der Waals surface area contributed by atoms with Crippen molar-refractivity contribution in [3.05, 3.63) is 41.6 Å². The second kappa shape index (κ2) is 6.25. The summed E-state index contributed by atoms with van der Waals surface area (Å²) in [4.78, 5) is 12.4. The van der Waals surface area contributed by atoms with Crippen LogP contribution in [0, 0.1) is 0 Å². The van der Waals surface area contributed by atoms with Gasteiger partial charge in [0.15, 0.2) is 0 Å². The van der Waals surface area contributed by atoms with Gasteiger partial charge in [-0.1, -0.05) is 6.08 Å². The molecular formula is C13H17N5OS. The zero-order valence-corrected chi connectivity index (χ0v) is 12.0. The van der Waals surface area contributed by atoms with Crippen LogP contribution in [0.2, 0.25) is 0 Å². The highest BCUT2D eigenvalue weighted by Crippen LogP contribution is 2.31. The van der Waals surface area contributed by atoms with Gasteiger partial charge in [-0.2, -0.15) is 5.10 Å². The standard InChI is InChI=1S/C13H17N5OS/c1-3-4-15-13(19)12-10(14)5-11(20-12)18-8(2)9-6-16-17-7-9/h3,5-8,18H,1,4,14H2,2H3,(H,15,19)(H,16,17). The van der Waals surface area contributed by atoms with Crippen molar-refractivity contribution in [2.45, 2.75) is 13.0 Å². The predicted molar refractivity (Wildman–Crippen MR) is 81.9 cm³/mol. The van der Waals surface area contributed by atoms with Gasteiger partial charge in [-0.05, 0) is 13.0 Å². The first kappa shape index (κ1) is 14.1. The zero-order valence-electron chi connectivity index (χ0n) is 11.1. The molecule has 0 aliphatic rings. The quantitative estimate of drug-likeness (QED) is 0.613. The van der Waals surface area contributed by atoms with Gasteiger partial charge in [0.1, 0.15) is 4.88 Å². The van der Waals surface area contributed by atoms with Gasteiger partial charge in [0, 0.05) is 18.3 Å². The number of amides is 1. The average Bonchev–Trinajstić information content (AvgIpc) is 3.05. The van der Waals surface area contributed by atoms with E-state index in [4.69, 9.17) is 5.73 Å². The maximum absolute atomic E-state index is 11.9. The minimum atomic E-state index is -0.184. The van der Waals surface area contributed by atoms with E-state index in [1.165, 1.54) is 11.3 Å². The van der Waals surface area contributed by atoms with Gasteiger partial charge in [-0.25, -0.2) is 0 Å². The van der Waals surface area contributed by atoms with E-state index in [1.807, 2.05) is 13.1 Å². The van der Waals surface area contributed by atoms with E-state index in [-0.39, 0.29) is 11.9 Å². The first-order valence-corrected chi connectivity index (χ1v) is 6.97. The lowest BCUT2D eigenvalue weighted by Crippen LogP contribution is -2.22. The van der Waals surface area contributed by atoms with Gasteiger partial charge in [0.2, 0.25) is 0 Å². The third-order valence-corrected chi connectivity index (χ3v) is 3.83. The molecule has 0 saturated carbocycles. The normalized spacial score (nSPS) is 11.8. The Bertz CT molecular complexity index is 590. The summed E-state index contributed by atoms with van der Waals surface area (Å²) in [5, 5.41) is 13.5. The molecule has 1 atom stereocenters. The number of anilines is 2. The van der Waals surface area contributed by atoms with Crippen molar-refractivity contribution >= 4 is 27.9 Å². The lowest BCUT2D eigenvalue weighted by Gasteiger charge is -2.10. The Hall–Kier alpha value is -2.28. The fourth-order valence-corrected chi connectivity index (χ4v) is 2.68. The van der Waals surface area contributed by atoms with Crippen LogP contribution in [0.25, 0.3) is 0 Å². The van der Waals surface area contributed by atoms with E-state index in [0.717, 1.165) is 10.6 Å². The number of carbonyl (C=O) groups is 1. The smallest absolute Gasteiger partial charge is 0.263 e. The molecule has 0 radical (unpaired) electrons. The Balaban J connectivity index is 2.07. The van der Waals surface area contributed by atoms with E-state index in [0.29, 0.717) is 17.1 Å². The minimum Gasteiger partial charge on any atom is -0.397 e. The van der Waals surface area contributed by atoms with Crippen LogP contribution in [0.5, 0.6) is 0 Å². The van der Waals surface area contributed by atoms with Gasteiger partial charge in [0.05, 0.1) is 22.9 Å². The number of nitrogen functional groups attached to an aromatic ring is 1. The number of thiophene rings is 1. The molecule has 0 aliphatic heterocycles. The maximum Gasteiger partial charge on any atom is 0.263 e. The number of hydrogen-bond acceptors (Lipinski definition) is 5. The molecule has 2 aromatic rings. The van der Waals surface area contributed by atoms with Crippen LogP contribution in [-0.2, 0) is 0 Å². The molecule has 0 spiro atoms. The Morgan fingerprint density at radius 2 is 2.50 bits per heavy atom. The van der Waals surface area contributed by atoms with Gasteiger partial charge >= 0.3 is 0 Å². The lowest BCUT2D eigenvalue weighted by atomic mass is 10.2. The summed E-state index contributed by atoms with van der Waals surface area (Å²) in [6, 6.07) is 1.85. The Kier molecular flexibility index (Phi) is 4.41. The highest BCUT2D eigenvalue weighted by Gasteiger charge is 2.15. The van der Waals surface area contributed by atoms with E-state index in [2.05, 4.69) is 27.4 Å². The summed E-state index contributed by atoms with van der Waals surface area (Å²) < 4.78 is 0. The Labute approximate surface area is 121 Å². The Morgan fingerprint density at radius 3 is 3.15 bits per heavy atom. The molecule has 0 bridgehead atoms. The lowest BCUT2D eigenvalue weighted by molar-refractivity contribution is 0.0963. The SMILES string of the molecule is C=CCNC(=O)c1sc(NC(C)c2cn[nH]c2)cc1N. The fraction of sp³-hybridized carbons (Fsp3) is 0.231. The number of nitrogens with one attached hydrogen (secondary N) is 3. The molecule has 0 fully saturated rings. The molecule has 1 amide bonds. The van der Waals surface area contributed by atoms with Crippen LogP contribution in [0.3, 0.4) is 0 Å². The van der Waals surface area contributed by atoms with E-state index >= 15 is 0 Å². The van der Waals surface area contributed by atoms with Crippen molar-refractivity contribution in [3.63, 3.8) is 0 Å². The molecule has 6 nitrogen and oxygen atoms in total. The minimum absolute atomic E-state index is 0.0795. The van der Waals surface area contributed by atoms with Crippen molar-refractivity contribution in [1.82, 2.24) is 15.5 Å².